The summed E-state index contributed by atoms with van der Waals surface area (Å²) in [5.74, 6) is 1.82. The Kier molecular flexibility index (Phi) is 4.82. The van der Waals surface area contributed by atoms with Gasteiger partial charge in [-0.1, -0.05) is 37.3 Å². The summed E-state index contributed by atoms with van der Waals surface area (Å²) in [6.07, 6.45) is 1.96. The number of rotatable bonds is 6. The van der Waals surface area contributed by atoms with Crippen molar-refractivity contribution in [2.45, 2.75) is 38.4 Å². The van der Waals surface area contributed by atoms with Crippen LogP contribution in [0.15, 0.2) is 30.3 Å². The van der Waals surface area contributed by atoms with Crippen LogP contribution in [-0.2, 0) is 13.0 Å². The van der Waals surface area contributed by atoms with Crippen LogP contribution < -0.4 is 10.9 Å². The summed E-state index contributed by atoms with van der Waals surface area (Å²) in [5, 5.41) is 7.19. The van der Waals surface area contributed by atoms with Crippen molar-refractivity contribution in [3.05, 3.63) is 47.5 Å². The van der Waals surface area contributed by atoms with Crippen molar-refractivity contribution < 1.29 is 0 Å². The van der Waals surface area contributed by atoms with Gasteiger partial charge in [0.05, 0.1) is 6.54 Å². The molecule has 0 aliphatic carbocycles. The minimum Gasteiger partial charge on any atom is -0.297 e. The molecule has 22 heavy (non-hydrogen) atoms. The van der Waals surface area contributed by atoms with Crippen LogP contribution in [0, 0.1) is 0 Å². The number of aryl methyl sites for hydroxylation is 1. The summed E-state index contributed by atoms with van der Waals surface area (Å²) in [6.45, 7) is 3.83. The van der Waals surface area contributed by atoms with Gasteiger partial charge in [-0.25, -0.2) is 10.4 Å². The van der Waals surface area contributed by atoms with E-state index in [1.165, 1.54) is 5.56 Å². The molecule has 0 bridgehead atoms. The number of nitrogens with one attached hydrogen (secondary N) is 3. The van der Waals surface area contributed by atoms with E-state index in [0.29, 0.717) is 12.1 Å². The number of hydrogen-bond donors (Lipinski definition) is 3. The predicted octanol–water partition coefficient (Wildman–Crippen LogP) is 1.41. The molecule has 2 unspecified atom stereocenters. The molecule has 1 aliphatic rings. The first-order valence-electron chi connectivity index (χ1n) is 7.89. The fourth-order valence-electron chi connectivity index (χ4n) is 2.91. The van der Waals surface area contributed by atoms with Gasteiger partial charge in [-0.3, -0.25) is 15.4 Å². The maximum atomic E-state index is 4.46. The first kappa shape index (κ1) is 15.1. The van der Waals surface area contributed by atoms with Crippen LogP contribution in [0.1, 0.15) is 36.6 Å². The van der Waals surface area contributed by atoms with E-state index in [9.17, 15) is 0 Å². The van der Waals surface area contributed by atoms with Crippen LogP contribution in [0.5, 0.6) is 0 Å². The number of H-pyrrole nitrogens is 1. The Balaban J connectivity index is 1.49. The summed E-state index contributed by atoms with van der Waals surface area (Å²) in [5.41, 5.74) is 8.13. The van der Waals surface area contributed by atoms with Crippen LogP contribution in [0.4, 0.5) is 0 Å². The minimum atomic E-state index is 0.386. The lowest BCUT2D eigenvalue weighted by Gasteiger charge is -2.19. The average molecular weight is 300 g/mol. The highest BCUT2D eigenvalue weighted by Gasteiger charge is 2.25. The second kappa shape index (κ2) is 7.00. The van der Waals surface area contributed by atoms with Crippen molar-refractivity contribution in [2.24, 2.45) is 0 Å². The number of hydrogen-bond acceptors (Lipinski definition) is 5. The van der Waals surface area contributed by atoms with Crippen LogP contribution in [0.3, 0.4) is 0 Å². The van der Waals surface area contributed by atoms with E-state index in [1.807, 2.05) is 0 Å². The van der Waals surface area contributed by atoms with Crippen LogP contribution in [0.2, 0.25) is 0 Å². The van der Waals surface area contributed by atoms with Gasteiger partial charge in [-0.15, -0.1) is 0 Å². The Labute approximate surface area is 131 Å². The lowest BCUT2D eigenvalue weighted by Crippen LogP contribution is -2.38. The topological polar surface area (TPSA) is 68.9 Å². The Morgan fingerprint density at radius 2 is 2.05 bits per heavy atom. The van der Waals surface area contributed by atoms with Gasteiger partial charge in [0.15, 0.2) is 0 Å². The predicted molar refractivity (Wildman–Crippen MR) is 86.0 cm³/mol. The van der Waals surface area contributed by atoms with Gasteiger partial charge >= 0.3 is 0 Å². The van der Waals surface area contributed by atoms with Crippen LogP contribution in [-0.4, -0.2) is 39.7 Å². The van der Waals surface area contributed by atoms with Gasteiger partial charge in [0, 0.05) is 25.0 Å². The highest BCUT2D eigenvalue weighted by atomic mass is 15.4. The van der Waals surface area contributed by atoms with Crippen LogP contribution >= 0.6 is 0 Å². The molecule has 3 N–H and O–H groups in total. The van der Waals surface area contributed by atoms with Gasteiger partial charge in [0.1, 0.15) is 11.6 Å². The van der Waals surface area contributed by atoms with E-state index in [4.69, 9.17) is 0 Å². The fraction of sp³-hybridized carbons (Fsp3) is 0.500. The molecule has 1 aromatic heterocycles. The molecule has 0 saturated carbocycles. The number of nitrogens with zero attached hydrogens (tertiary/aromatic N) is 3. The standard InChI is InChI=1S/C16H24N6/c1-3-15-17-16(21-20-15)11-22(2)10-13-9-14(19-18-13)12-7-5-4-6-8-12/h4-8,13-14,18-19H,3,9-11H2,1-2H3,(H,17,20,21). The second-order valence-corrected chi connectivity index (χ2v) is 5.93. The molecule has 3 rings (SSSR count). The van der Waals surface area contributed by atoms with Crippen LogP contribution in [0.25, 0.3) is 0 Å². The van der Waals surface area contributed by atoms with E-state index < -0.39 is 0 Å². The van der Waals surface area contributed by atoms with Crippen molar-refractivity contribution in [2.75, 3.05) is 13.6 Å². The minimum absolute atomic E-state index is 0.386. The van der Waals surface area contributed by atoms with Crippen molar-refractivity contribution >= 4 is 0 Å². The van der Waals surface area contributed by atoms with Gasteiger partial charge in [-0.05, 0) is 19.0 Å². The monoisotopic (exact) mass is 300 g/mol. The molecule has 1 aromatic carbocycles. The highest BCUT2D eigenvalue weighted by molar-refractivity contribution is 5.20. The molecule has 1 aliphatic heterocycles. The molecule has 0 spiro atoms. The van der Waals surface area contributed by atoms with Crippen molar-refractivity contribution in [3.8, 4) is 0 Å². The third-order valence-electron chi connectivity index (χ3n) is 4.03. The number of aromatic amines is 1. The van der Waals surface area contributed by atoms with Crippen molar-refractivity contribution in [1.82, 2.24) is 30.9 Å². The number of likely N-dealkylation sites (N-methyl/N-ethyl adjacent to an activating group) is 1. The largest absolute Gasteiger partial charge is 0.297 e. The van der Waals surface area contributed by atoms with Crippen molar-refractivity contribution in [1.29, 1.82) is 0 Å². The zero-order valence-corrected chi connectivity index (χ0v) is 13.2. The van der Waals surface area contributed by atoms with E-state index in [2.05, 4.69) is 75.2 Å². The van der Waals surface area contributed by atoms with E-state index >= 15 is 0 Å². The quantitative estimate of drug-likeness (QED) is 0.752. The van der Waals surface area contributed by atoms with Gasteiger partial charge in [0.25, 0.3) is 0 Å². The first-order valence-corrected chi connectivity index (χ1v) is 7.89. The Morgan fingerprint density at radius 3 is 2.77 bits per heavy atom. The summed E-state index contributed by atoms with van der Waals surface area (Å²) in [4.78, 5) is 6.73. The Bertz CT molecular complexity index is 581. The van der Waals surface area contributed by atoms with E-state index in [-0.39, 0.29) is 0 Å². The molecular formula is C16H24N6. The first-order chi connectivity index (χ1) is 10.7. The Hall–Kier alpha value is -1.76. The molecule has 0 radical (unpaired) electrons. The lowest BCUT2D eigenvalue weighted by molar-refractivity contribution is 0.283. The molecule has 2 atom stereocenters. The normalized spacial score (nSPS) is 21.6. The maximum Gasteiger partial charge on any atom is 0.150 e. The number of hydrazine groups is 1. The molecule has 2 aromatic rings. The number of benzene rings is 1. The molecular weight excluding hydrogens is 276 g/mol. The zero-order chi connectivity index (χ0) is 15.4. The van der Waals surface area contributed by atoms with Gasteiger partial charge in [-0.2, -0.15) is 5.10 Å². The number of aromatic nitrogens is 3. The maximum absolute atomic E-state index is 4.46. The summed E-state index contributed by atoms with van der Waals surface area (Å²) < 4.78 is 0. The third kappa shape index (κ3) is 3.71. The molecule has 118 valence electrons. The molecule has 2 heterocycles. The van der Waals surface area contributed by atoms with E-state index in [1.54, 1.807) is 0 Å². The molecule has 6 nitrogen and oxygen atoms in total. The molecule has 1 fully saturated rings. The smallest absolute Gasteiger partial charge is 0.150 e. The molecule has 1 saturated heterocycles. The lowest BCUT2D eigenvalue weighted by atomic mass is 10.0. The highest BCUT2D eigenvalue weighted by Crippen LogP contribution is 2.22. The average Bonchev–Trinajstić information content (AvgIpc) is 3.17. The molecule has 6 heteroatoms. The SMILES string of the molecule is CCc1n[nH]c(CN(C)CC2CC(c3ccccc3)NN2)n1. The summed E-state index contributed by atoms with van der Waals surface area (Å²) in [6, 6.07) is 11.4. The summed E-state index contributed by atoms with van der Waals surface area (Å²) in [7, 11) is 2.12. The fourth-order valence-corrected chi connectivity index (χ4v) is 2.91. The van der Waals surface area contributed by atoms with E-state index in [0.717, 1.165) is 37.6 Å². The van der Waals surface area contributed by atoms with Gasteiger partial charge in [0.2, 0.25) is 0 Å². The summed E-state index contributed by atoms with van der Waals surface area (Å²) >= 11 is 0. The molecule has 0 amide bonds. The third-order valence-corrected chi connectivity index (χ3v) is 4.03. The van der Waals surface area contributed by atoms with Crippen molar-refractivity contribution in [3.63, 3.8) is 0 Å². The Morgan fingerprint density at radius 1 is 1.23 bits per heavy atom. The van der Waals surface area contributed by atoms with Gasteiger partial charge < -0.3 is 0 Å². The second-order valence-electron chi connectivity index (χ2n) is 5.93. The zero-order valence-electron chi connectivity index (χ0n) is 13.2.